The highest BCUT2D eigenvalue weighted by Gasteiger charge is 2.31. The van der Waals surface area contributed by atoms with Gasteiger partial charge in [-0.05, 0) is 25.0 Å². The minimum atomic E-state index is -0.103. The second-order valence-electron chi connectivity index (χ2n) is 4.90. The van der Waals surface area contributed by atoms with Crippen LogP contribution in [0.15, 0.2) is 24.3 Å². The van der Waals surface area contributed by atoms with Gasteiger partial charge in [0.25, 0.3) is 0 Å². The molecule has 0 spiro atoms. The van der Waals surface area contributed by atoms with Gasteiger partial charge in [0, 0.05) is 25.3 Å². The summed E-state index contributed by atoms with van der Waals surface area (Å²) in [6.45, 7) is 2.48. The number of carbonyl (C=O) groups excluding carboxylic acids is 1. The highest BCUT2D eigenvalue weighted by atomic mass is 16.3. The molecule has 1 aromatic rings. The molecule has 4 heteroatoms. The summed E-state index contributed by atoms with van der Waals surface area (Å²) in [7, 11) is 1.74. The van der Waals surface area contributed by atoms with Crippen LogP contribution in [0.1, 0.15) is 24.8 Å². The van der Waals surface area contributed by atoms with Crippen LogP contribution >= 0.6 is 0 Å². The smallest absolute Gasteiger partial charge is 0.230 e. The van der Waals surface area contributed by atoms with E-state index in [0.717, 1.165) is 17.7 Å². The Hall–Kier alpha value is -1.55. The van der Waals surface area contributed by atoms with Gasteiger partial charge < -0.3 is 15.3 Å². The fraction of sp³-hybridized carbons (Fsp3) is 0.500. The number of rotatable bonds is 3. The molecule has 1 aliphatic rings. The molecule has 0 aromatic heterocycles. The molecule has 18 heavy (non-hydrogen) atoms. The van der Waals surface area contributed by atoms with E-state index < -0.39 is 0 Å². The highest BCUT2D eigenvalue weighted by Crippen LogP contribution is 2.34. The predicted molar refractivity (Wildman–Crippen MR) is 71.6 cm³/mol. The van der Waals surface area contributed by atoms with Gasteiger partial charge in [-0.3, -0.25) is 4.79 Å². The average molecular weight is 248 g/mol. The molecule has 1 aliphatic heterocycles. The third-order valence-corrected chi connectivity index (χ3v) is 3.44. The van der Waals surface area contributed by atoms with Crippen LogP contribution in [0.4, 0.5) is 5.69 Å². The zero-order chi connectivity index (χ0) is 13.1. The van der Waals surface area contributed by atoms with E-state index in [1.807, 2.05) is 24.3 Å². The molecule has 2 atom stereocenters. The monoisotopic (exact) mass is 248 g/mol. The van der Waals surface area contributed by atoms with Crippen molar-refractivity contribution < 1.29 is 9.90 Å². The van der Waals surface area contributed by atoms with Gasteiger partial charge >= 0.3 is 0 Å². The molecule has 1 amide bonds. The summed E-state index contributed by atoms with van der Waals surface area (Å²) in [6.07, 6.45) is 0.797. The quantitative estimate of drug-likeness (QED) is 0.850. The van der Waals surface area contributed by atoms with Crippen molar-refractivity contribution in [3.8, 4) is 0 Å². The molecule has 2 rings (SSSR count). The van der Waals surface area contributed by atoms with Crippen molar-refractivity contribution in [1.82, 2.24) is 4.90 Å². The summed E-state index contributed by atoms with van der Waals surface area (Å²) < 4.78 is 0. The van der Waals surface area contributed by atoms with E-state index in [1.165, 1.54) is 0 Å². The van der Waals surface area contributed by atoms with Crippen LogP contribution < -0.4 is 5.32 Å². The van der Waals surface area contributed by atoms with Crippen molar-refractivity contribution in [2.75, 3.05) is 25.5 Å². The lowest BCUT2D eigenvalue weighted by molar-refractivity contribution is -0.132. The van der Waals surface area contributed by atoms with Crippen LogP contribution in [0.2, 0.25) is 0 Å². The van der Waals surface area contributed by atoms with Crippen LogP contribution in [0, 0.1) is 0 Å². The number of amides is 1. The Morgan fingerprint density at radius 3 is 2.94 bits per heavy atom. The van der Waals surface area contributed by atoms with Gasteiger partial charge in [-0.15, -0.1) is 0 Å². The van der Waals surface area contributed by atoms with E-state index >= 15 is 0 Å². The molecule has 1 aromatic carbocycles. The number of aliphatic hydroxyl groups is 1. The Morgan fingerprint density at radius 2 is 2.22 bits per heavy atom. The molecule has 0 fully saturated rings. The molecule has 2 N–H and O–H groups in total. The minimum absolute atomic E-state index is 0.00438. The van der Waals surface area contributed by atoms with Crippen molar-refractivity contribution in [1.29, 1.82) is 0 Å². The first-order chi connectivity index (χ1) is 8.63. The fourth-order valence-corrected chi connectivity index (χ4v) is 2.50. The third-order valence-electron chi connectivity index (χ3n) is 3.44. The zero-order valence-corrected chi connectivity index (χ0v) is 10.9. The van der Waals surface area contributed by atoms with Gasteiger partial charge in [0.15, 0.2) is 0 Å². The summed E-state index contributed by atoms with van der Waals surface area (Å²) in [4.78, 5) is 14.0. The topological polar surface area (TPSA) is 52.6 Å². The number of nitrogens with one attached hydrogen (secondary N) is 1. The van der Waals surface area contributed by atoms with Gasteiger partial charge in [0.05, 0.1) is 12.5 Å². The molecule has 0 saturated heterocycles. The van der Waals surface area contributed by atoms with Gasteiger partial charge in [0.1, 0.15) is 0 Å². The summed E-state index contributed by atoms with van der Waals surface area (Å²) in [5, 5.41) is 12.3. The maximum Gasteiger partial charge on any atom is 0.230 e. The van der Waals surface area contributed by atoms with Crippen LogP contribution in [-0.2, 0) is 4.79 Å². The average Bonchev–Trinajstić information content (AvgIpc) is 2.37. The lowest BCUT2D eigenvalue weighted by Crippen LogP contribution is -2.38. The standard InChI is InChI=1S/C14H20N2O2/c1-10-9-12(14(18)16(2)7-8-17)11-5-3-4-6-13(11)15-10/h3-6,10,12,15,17H,7-9H2,1-2H3. The molecule has 0 bridgehead atoms. The number of carbonyl (C=O) groups is 1. The Morgan fingerprint density at radius 1 is 1.50 bits per heavy atom. The van der Waals surface area contributed by atoms with Crippen molar-refractivity contribution in [2.24, 2.45) is 0 Å². The molecule has 0 aliphatic carbocycles. The summed E-state index contributed by atoms with van der Waals surface area (Å²) >= 11 is 0. The number of aliphatic hydroxyl groups excluding tert-OH is 1. The number of para-hydroxylation sites is 1. The molecule has 98 valence electrons. The molecule has 1 heterocycles. The van der Waals surface area contributed by atoms with E-state index in [4.69, 9.17) is 5.11 Å². The number of benzene rings is 1. The number of likely N-dealkylation sites (N-methyl/N-ethyl adjacent to an activating group) is 1. The summed E-state index contributed by atoms with van der Waals surface area (Å²) in [5.41, 5.74) is 2.11. The Kier molecular flexibility index (Phi) is 3.87. The molecular formula is C14H20N2O2. The first kappa shape index (κ1) is 12.9. The molecule has 0 saturated carbocycles. The van der Waals surface area contributed by atoms with Crippen molar-refractivity contribution >= 4 is 11.6 Å². The third kappa shape index (κ3) is 2.48. The largest absolute Gasteiger partial charge is 0.395 e. The number of hydrogen-bond acceptors (Lipinski definition) is 3. The minimum Gasteiger partial charge on any atom is -0.395 e. The van der Waals surface area contributed by atoms with E-state index in [-0.39, 0.29) is 24.5 Å². The first-order valence-electron chi connectivity index (χ1n) is 6.34. The van der Waals surface area contributed by atoms with E-state index in [1.54, 1.807) is 11.9 Å². The van der Waals surface area contributed by atoms with Gasteiger partial charge in [-0.2, -0.15) is 0 Å². The number of hydrogen-bond donors (Lipinski definition) is 2. The lowest BCUT2D eigenvalue weighted by atomic mass is 9.86. The Balaban J connectivity index is 2.26. The molecule has 2 unspecified atom stereocenters. The van der Waals surface area contributed by atoms with Crippen molar-refractivity contribution in [3.63, 3.8) is 0 Å². The van der Waals surface area contributed by atoms with E-state index in [0.29, 0.717) is 6.54 Å². The summed E-state index contributed by atoms with van der Waals surface area (Å²) in [6, 6.07) is 8.24. The second kappa shape index (κ2) is 5.40. The Bertz CT molecular complexity index is 434. The predicted octanol–water partition coefficient (Wildman–Crippen LogP) is 1.42. The van der Waals surface area contributed by atoms with Crippen LogP contribution in [0.25, 0.3) is 0 Å². The van der Waals surface area contributed by atoms with E-state index in [2.05, 4.69) is 12.2 Å². The van der Waals surface area contributed by atoms with Crippen molar-refractivity contribution in [3.05, 3.63) is 29.8 Å². The second-order valence-corrected chi connectivity index (χ2v) is 4.90. The van der Waals surface area contributed by atoms with Crippen LogP contribution in [0.5, 0.6) is 0 Å². The maximum absolute atomic E-state index is 12.4. The van der Waals surface area contributed by atoms with Gasteiger partial charge in [0.2, 0.25) is 5.91 Å². The number of fused-ring (bicyclic) bond motifs is 1. The molecule has 0 radical (unpaired) electrons. The molecular weight excluding hydrogens is 228 g/mol. The van der Waals surface area contributed by atoms with Crippen LogP contribution in [0.3, 0.4) is 0 Å². The fourth-order valence-electron chi connectivity index (χ4n) is 2.50. The normalized spacial score (nSPS) is 21.9. The SMILES string of the molecule is CC1CC(C(=O)N(C)CCO)c2ccccc2N1. The number of anilines is 1. The maximum atomic E-state index is 12.4. The summed E-state index contributed by atoms with van der Waals surface area (Å²) in [5.74, 6) is -0.0150. The lowest BCUT2D eigenvalue weighted by Gasteiger charge is -2.32. The molecule has 4 nitrogen and oxygen atoms in total. The van der Waals surface area contributed by atoms with Gasteiger partial charge in [-0.25, -0.2) is 0 Å². The number of nitrogens with zero attached hydrogens (tertiary/aromatic N) is 1. The van der Waals surface area contributed by atoms with Gasteiger partial charge in [-0.1, -0.05) is 18.2 Å². The first-order valence-corrected chi connectivity index (χ1v) is 6.34. The zero-order valence-electron chi connectivity index (χ0n) is 10.9. The highest BCUT2D eigenvalue weighted by molar-refractivity contribution is 5.86. The van der Waals surface area contributed by atoms with Crippen LogP contribution in [-0.4, -0.2) is 42.2 Å². The Labute approximate surface area is 108 Å². The van der Waals surface area contributed by atoms with E-state index in [9.17, 15) is 4.79 Å². The van der Waals surface area contributed by atoms with Crippen molar-refractivity contribution in [2.45, 2.75) is 25.3 Å².